The smallest absolute Gasteiger partial charge is 0.305 e. The molecular weight excluding hydrogens is 506 g/mol. The van der Waals surface area contributed by atoms with Crippen molar-refractivity contribution in [2.45, 2.75) is 187 Å². The van der Waals surface area contributed by atoms with Crippen LogP contribution in [0.25, 0.3) is 0 Å². The van der Waals surface area contributed by atoms with Crippen LogP contribution in [0.15, 0.2) is 24.3 Å². The molecule has 4 heteroatoms. The molecule has 41 heavy (non-hydrogen) atoms. The average Bonchev–Trinajstić information content (AvgIpc) is 2.97. The molecule has 0 fully saturated rings. The second-order valence-corrected chi connectivity index (χ2v) is 11.9. The molecule has 0 heterocycles. The van der Waals surface area contributed by atoms with Gasteiger partial charge in [0.1, 0.15) is 0 Å². The van der Waals surface area contributed by atoms with Gasteiger partial charge in [0, 0.05) is 19.4 Å². The number of amides is 1. The van der Waals surface area contributed by atoms with E-state index in [-0.39, 0.29) is 11.9 Å². The van der Waals surface area contributed by atoms with Gasteiger partial charge in [0.25, 0.3) is 0 Å². The third kappa shape index (κ3) is 34.5. The van der Waals surface area contributed by atoms with Crippen LogP contribution in [0.4, 0.5) is 0 Å². The SMILES string of the molecule is CCCCCC/C=C/CCCCCCCC(=O)NCCCOC(=O)CCCCCCC/C=C/CCCCCCCC. The molecule has 0 atom stereocenters. The normalized spacial score (nSPS) is 11.6. The molecule has 0 aliphatic heterocycles. The van der Waals surface area contributed by atoms with Crippen molar-refractivity contribution >= 4 is 11.9 Å². The molecule has 0 aromatic rings. The van der Waals surface area contributed by atoms with Crippen LogP contribution in [-0.2, 0) is 14.3 Å². The van der Waals surface area contributed by atoms with Crippen LogP contribution in [-0.4, -0.2) is 25.0 Å². The Kier molecular flexibility index (Phi) is 33.3. The third-order valence-electron chi connectivity index (χ3n) is 7.71. The van der Waals surface area contributed by atoms with Gasteiger partial charge in [0.15, 0.2) is 0 Å². The van der Waals surface area contributed by atoms with Crippen molar-refractivity contribution < 1.29 is 14.3 Å². The molecule has 0 saturated heterocycles. The standard InChI is InChI=1S/C37H69NO3/c1-3-5-7-9-11-13-15-17-18-20-22-24-26-28-30-33-37(40)41-35-31-34-38-36(39)32-29-27-25-23-21-19-16-14-12-10-8-6-4-2/h14,16-18H,3-13,15,19-35H2,1-2H3,(H,38,39)/b16-14+,18-17+. The van der Waals surface area contributed by atoms with Gasteiger partial charge in [0.2, 0.25) is 5.91 Å². The summed E-state index contributed by atoms with van der Waals surface area (Å²) in [6.07, 6.45) is 41.1. The molecule has 0 bridgehead atoms. The molecule has 0 aliphatic rings. The van der Waals surface area contributed by atoms with Crippen LogP contribution >= 0.6 is 0 Å². The van der Waals surface area contributed by atoms with E-state index in [1.807, 2.05) is 0 Å². The van der Waals surface area contributed by atoms with Crippen LogP contribution in [0.5, 0.6) is 0 Å². The third-order valence-corrected chi connectivity index (χ3v) is 7.71. The van der Waals surface area contributed by atoms with Crippen LogP contribution < -0.4 is 5.32 Å². The first-order chi connectivity index (χ1) is 20.2. The molecule has 0 unspecified atom stereocenters. The maximum atomic E-state index is 12.0. The van der Waals surface area contributed by atoms with Crippen molar-refractivity contribution in [2.75, 3.05) is 13.2 Å². The van der Waals surface area contributed by atoms with E-state index in [0.29, 0.717) is 32.4 Å². The maximum absolute atomic E-state index is 12.0. The number of ether oxygens (including phenoxy) is 1. The molecular formula is C37H69NO3. The van der Waals surface area contributed by atoms with E-state index in [1.54, 1.807) is 0 Å². The van der Waals surface area contributed by atoms with Crippen molar-refractivity contribution in [3.8, 4) is 0 Å². The van der Waals surface area contributed by atoms with Gasteiger partial charge < -0.3 is 10.1 Å². The van der Waals surface area contributed by atoms with E-state index in [0.717, 1.165) is 25.7 Å². The van der Waals surface area contributed by atoms with Gasteiger partial charge >= 0.3 is 5.97 Å². The number of esters is 1. The lowest BCUT2D eigenvalue weighted by atomic mass is 10.1. The Morgan fingerprint density at radius 1 is 0.488 bits per heavy atom. The first kappa shape index (κ1) is 39.4. The number of nitrogens with one attached hydrogen (secondary N) is 1. The van der Waals surface area contributed by atoms with E-state index in [4.69, 9.17) is 4.74 Å². The Balaban J connectivity index is 3.33. The fraction of sp³-hybridized carbons (Fsp3) is 0.838. The van der Waals surface area contributed by atoms with Gasteiger partial charge in [-0.25, -0.2) is 0 Å². The molecule has 0 spiro atoms. The van der Waals surface area contributed by atoms with Gasteiger partial charge in [-0.05, 0) is 70.6 Å². The van der Waals surface area contributed by atoms with Crippen molar-refractivity contribution in [2.24, 2.45) is 0 Å². The second kappa shape index (κ2) is 34.6. The topological polar surface area (TPSA) is 55.4 Å². The van der Waals surface area contributed by atoms with Crippen LogP contribution in [0, 0.1) is 0 Å². The zero-order valence-corrected chi connectivity index (χ0v) is 27.5. The lowest BCUT2D eigenvalue weighted by Crippen LogP contribution is -2.25. The van der Waals surface area contributed by atoms with E-state index in [1.165, 1.54) is 128 Å². The molecule has 1 N–H and O–H groups in total. The Labute approximate surface area is 255 Å². The Morgan fingerprint density at radius 2 is 0.878 bits per heavy atom. The number of allylic oxidation sites excluding steroid dienone is 4. The first-order valence-corrected chi connectivity index (χ1v) is 17.9. The van der Waals surface area contributed by atoms with Crippen LogP contribution in [0.3, 0.4) is 0 Å². The minimum Gasteiger partial charge on any atom is -0.466 e. The summed E-state index contributed by atoms with van der Waals surface area (Å²) in [4.78, 5) is 23.9. The molecule has 0 aliphatic carbocycles. The second-order valence-electron chi connectivity index (χ2n) is 11.9. The summed E-state index contributed by atoms with van der Waals surface area (Å²) in [7, 11) is 0. The largest absolute Gasteiger partial charge is 0.466 e. The predicted octanol–water partition coefficient (Wildman–Crippen LogP) is 11.3. The van der Waals surface area contributed by atoms with E-state index in [2.05, 4.69) is 43.5 Å². The summed E-state index contributed by atoms with van der Waals surface area (Å²) < 4.78 is 5.32. The highest BCUT2D eigenvalue weighted by Gasteiger charge is 2.04. The highest BCUT2D eigenvalue weighted by atomic mass is 16.5. The number of hydrogen-bond acceptors (Lipinski definition) is 3. The fourth-order valence-corrected chi connectivity index (χ4v) is 4.99. The quantitative estimate of drug-likeness (QED) is 0.0493. The summed E-state index contributed by atoms with van der Waals surface area (Å²) in [5.41, 5.74) is 0. The lowest BCUT2D eigenvalue weighted by Gasteiger charge is -2.07. The fourth-order valence-electron chi connectivity index (χ4n) is 4.99. The van der Waals surface area contributed by atoms with Crippen molar-refractivity contribution in [3.05, 3.63) is 24.3 Å². The van der Waals surface area contributed by atoms with Crippen molar-refractivity contribution in [1.82, 2.24) is 5.32 Å². The van der Waals surface area contributed by atoms with Crippen LogP contribution in [0.1, 0.15) is 187 Å². The Morgan fingerprint density at radius 3 is 1.37 bits per heavy atom. The summed E-state index contributed by atoms with van der Waals surface area (Å²) in [6, 6.07) is 0. The summed E-state index contributed by atoms with van der Waals surface area (Å²) in [6.45, 7) is 5.51. The Bertz CT molecular complexity index is 613. The predicted molar refractivity (Wildman–Crippen MR) is 178 cm³/mol. The number of carbonyl (C=O) groups is 2. The zero-order chi connectivity index (χ0) is 29.9. The average molecular weight is 576 g/mol. The molecule has 0 rings (SSSR count). The van der Waals surface area contributed by atoms with E-state index in [9.17, 15) is 9.59 Å². The highest BCUT2D eigenvalue weighted by Crippen LogP contribution is 2.11. The van der Waals surface area contributed by atoms with Crippen molar-refractivity contribution in [3.63, 3.8) is 0 Å². The number of hydrogen-bond donors (Lipinski definition) is 1. The molecule has 240 valence electrons. The van der Waals surface area contributed by atoms with Gasteiger partial charge in [-0.1, -0.05) is 128 Å². The Hall–Kier alpha value is -1.58. The van der Waals surface area contributed by atoms with Gasteiger partial charge in [0.05, 0.1) is 6.61 Å². The summed E-state index contributed by atoms with van der Waals surface area (Å²) >= 11 is 0. The number of unbranched alkanes of at least 4 members (excludes halogenated alkanes) is 20. The van der Waals surface area contributed by atoms with E-state index < -0.39 is 0 Å². The molecule has 0 aromatic carbocycles. The molecule has 1 amide bonds. The lowest BCUT2D eigenvalue weighted by molar-refractivity contribution is -0.143. The van der Waals surface area contributed by atoms with Gasteiger partial charge in [-0.15, -0.1) is 0 Å². The maximum Gasteiger partial charge on any atom is 0.305 e. The molecule has 0 aromatic heterocycles. The van der Waals surface area contributed by atoms with Crippen molar-refractivity contribution in [1.29, 1.82) is 0 Å². The monoisotopic (exact) mass is 576 g/mol. The zero-order valence-electron chi connectivity index (χ0n) is 27.5. The minimum atomic E-state index is -0.101. The minimum absolute atomic E-state index is 0.101. The molecule has 4 nitrogen and oxygen atoms in total. The molecule has 0 radical (unpaired) electrons. The van der Waals surface area contributed by atoms with Gasteiger partial charge in [-0.2, -0.15) is 0 Å². The highest BCUT2D eigenvalue weighted by molar-refractivity contribution is 5.75. The van der Waals surface area contributed by atoms with Gasteiger partial charge in [-0.3, -0.25) is 9.59 Å². The van der Waals surface area contributed by atoms with Crippen LogP contribution in [0.2, 0.25) is 0 Å². The first-order valence-electron chi connectivity index (χ1n) is 17.9. The van der Waals surface area contributed by atoms with E-state index >= 15 is 0 Å². The summed E-state index contributed by atoms with van der Waals surface area (Å²) in [5, 5.41) is 2.96. The number of carbonyl (C=O) groups excluding carboxylic acids is 2. The number of rotatable bonds is 32. The molecule has 0 saturated carbocycles. The summed E-state index contributed by atoms with van der Waals surface area (Å²) in [5.74, 6) is 0.0204.